The first-order valence-electron chi connectivity index (χ1n) is 7.24. The standard InChI is InChI=1S/C15H19Cl2N3O3/c1-19(2)15(23)20-5-3-9(4-6-20)14(22)18-10-7-11(16)13(21)12(17)8-10/h7-9,21H,3-6H2,1-2H3,(H,18,22). The minimum Gasteiger partial charge on any atom is -0.505 e. The minimum absolute atomic E-state index is 0.0408. The van der Waals surface area contributed by atoms with E-state index in [2.05, 4.69) is 5.32 Å². The maximum Gasteiger partial charge on any atom is 0.319 e. The van der Waals surface area contributed by atoms with Crippen molar-refractivity contribution in [3.63, 3.8) is 0 Å². The molecule has 0 bridgehead atoms. The number of likely N-dealkylation sites (tertiary alicyclic amines) is 1. The van der Waals surface area contributed by atoms with Crippen LogP contribution in [0, 0.1) is 5.92 Å². The molecule has 126 valence electrons. The number of amides is 3. The first-order chi connectivity index (χ1) is 10.8. The van der Waals surface area contributed by atoms with Crippen LogP contribution in [-0.2, 0) is 4.79 Å². The van der Waals surface area contributed by atoms with Gasteiger partial charge in [-0.25, -0.2) is 4.79 Å². The number of phenolic OH excluding ortho intramolecular Hbond substituents is 1. The maximum atomic E-state index is 12.3. The zero-order valence-electron chi connectivity index (χ0n) is 13.0. The summed E-state index contributed by atoms with van der Waals surface area (Å²) in [6.45, 7) is 1.10. The molecular weight excluding hydrogens is 341 g/mol. The smallest absolute Gasteiger partial charge is 0.319 e. The second-order valence-corrected chi connectivity index (χ2v) is 6.53. The molecule has 3 amide bonds. The van der Waals surface area contributed by atoms with Gasteiger partial charge in [0.15, 0.2) is 5.75 Å². The van der Waals surface area contributed by atoms with E-state index in [1.165, 1.54) is 17.0 Å². The Bertz CT molecular complexity index is 591. The van der Waals surface area contributed by atoms with Gasteiger partial charge in [0.05, 0.1) is 10.0 Å². The summed E-state index contributed by atoms with van der Waals surface area (Å²) in [5, 5.41) is 12.4. The lowest BCUT2D eigenvalue weighted by atomic mass is 9.96. The lowest BCUT2D eigenvalue weighted by Crippen LogP contribution is -2.45. The van der Waals surface area contributed by atoms with E-state index in [-0.39, 0.29) is 33.7 Å². The number of carbonyl (C=O) groups excluding carboxylic acids is 2. The van der Waals surface area contributed by atoms with E-state index in [9.17, 15) is 14.7 Å². The van der Waals surface area contributed by atoms with Gasteiger partial charge in [-0.3, -0.25) is 4.79 Å². The molecule has 1 fully saturated rings. The highest BCUT2D eigenvalue weighted by atomic mass is 35.5. The number of aromatic hydroxyl groups is 1. The van der Waals surface area contributed by atoms with Crippen LogP contribution in [0.4, 0.5) is 10.5 Å². The number of hydrogen-bond donors (Lipinski definition) is 2. The number of benzene rings is 1. The highest BCUT2D eigenvalue weighted by Crippen LogP contribution is 2.35. The molecular formula is C15H19Cl2N3O3. The van der Waals surface area contributed by atoms with Crippen molar-refractivity contribution in [3.05, 3.63) is 22.2 Å². The largest absolute Gasteiger partial charge is 0.505 e. The molecule has 0 aliphatic carbocycles. The van der Waals surface area contributed by atoms with Crippen LogP contribution >= 0.6 is 23.2 Å². The monoisotopic (exact) mass is 359 g/mol. The molecule has 1 saturated heterocycles. The van der Waals surface area contributed by atoms with Crippen molar-refractivity contribution in [2.45, 2.75) is 12.8 Å². The van der Waals surface area contributed by atoms with E-state index in [1.54, 1.807) is 19.0 Å². The quantitative estimate of drug-likeness (QED) is 0.797. The van der Waals surface area contributed by atoms with Gasteiger partial charge in [0, 0.05) is 38.8 Å². The van der Waals surface area contributed by atoms with Crippen LogP contribution in [0.3, 0.4) is 0 Å². The number of halogens is 2. The summed E-state index contributed by atoms with van der Waals surface area (Å²) in [7, 11) is 3.42. The van der Waals surface area contributed by atoms with Gasteiger partial charge in [-0.1, -0.05) is 23.2 Å². The van der Waals surface area contributed by atoms with Gasteiger partial charge in [-0.05, 0) is 25.0 Å². The first-order valence-corrected chi connectivity index (χ1v) is 8.00. The number of nitrogens with one attached hydrogen (secondary N) is 1. The summed E-state index contributed by atoms with van der Waals surface area (Å²) < 4.78 is 0. The summed E-state index contributed by atoms with van der Waals surface area (Å²) in [6, 6.07) is 2.86. The number of carbonyl (C=O) groups is 2. The SMILES string of the molecule is CN(C)C(=O)N1CCC(C(=O)Nc2cc(Cl)c(O)c(Cl)c2)CC1. The van der Waals surface area contributed by atoms with E-state index in [0.717, 1.165) is 0 Å². The zero-order valence-corrected chi connectivity index (χ0v) is 14.5. The molecule has 1 aliphatic rings. The minimum atomic E-state index is -0.207. The van der Waals surface area contributed by atoms with Gasteiger partial charge >= 0.3 is 6.03 Å². The Labute approximate surface area is 145 Å². The number of anilines is 1. The molecule has 6 nitrogen and oxygen atoms in total. The second kappa shape index (κ2) is 7.27. The lowest BCUT2D eigenvalue weighted by molar-refractivity contribution is -0.121. The van der Waals surface area contributed by atoms with Crippen molar-refractivity contribution in [3.8, 4) is 5.75 Å². The molecule has 1 aliphatic heterocycles. The predicted molar refractivity (Wildman–Crippen MR) is 90.1 cm³/mol. The van der Waals surface area contributed by atoms with Gasteiger partial charge in [-0.15, -0.1) is 0 Å². The Balaban J connectivity index is 1.94. The average Bonchev–Trinajstić information content (AvgIpc) is 2.51. The number of nitrogens with zero attached hydrogens (tertiary/aromatic N) is 2. The molecule has 1 aromatic carbocycles. The van der Waals surface area contributed by atoms with Crippen LogP contribution in [0.2, 0.25) is 10.0 Å². The van der Waals surface area contributed by atoms with E-state index in [4.69, 9.17) is 23.2 Å². The molecule has 23 heavy (non-hydrogen) atoms. The zero-order chi connectivity index (χ0) is 17.1. The van der Waals surface area contributed by atoms with Crippen molar-refractivity contribution in [2.75, 3.05) is 32.5 Å². The van der Waals surface area contributed by atoms with Gasteiger partial charge in [0.25, 0.3) is 0 Å². The molecule has 0 aromatic heterocycles. The molecule has 1 aromatic rings. The number of phenols is 1. The van der Waals surface area contributed by atoms with Gasteiger partial charge in [0.2, 0.25) is 5.91 Å². The fourth-order valence-electron chi connectivity index (χ4n) is 2.50. The fraction of sp³-hybridized carbons (Fsp3) is 0.467. The van der Waals surface area contributed by atoms with Crippen LogP contribution in [0.5, 0.6) is 5.75 Å². The average molecular weight is 360 g/mol. The topological polar surface area (TPSA) is 72.9 Å². The summed E-state index contributed by atoms with van der Waals surface area (Å²) in [6.07, 6.45) is 1.20. The Morgan fingerprint density at radius 2 is 1.74 bits per heavy atom. The molecule has 1 heterocycles. The van der Waals surface area contributed by atoms with Crippen LogP contribution in [0.15, 0.2) is 12.1 Å². The Morgan fingerprint density at radius 3 is 2.22 bits per heavy atom. The predicted octanol–water partition coefficient (Wildman–Crippen LogP) is 3.03. The second-order valence-electron chi connectivity index (χ2n) is 5.72. The van der Waals surface area contributed by atoms with E-state index >= 15 is 0 Å². The molecule has 2 rings (SSSR count). The third kappa shape index (κ3) is 4.20. The van der Waals surface area contributed by atoms with Crippen LogP contribution in [-0.4, -0.2) is 54.0 Å². The molecule has 0 spiro atoms. The summed E-state index contributed by atoms with van der Waals surface area (Å²) in [5.41, 5.74) is 0.439. The highest BCUT2D eigenvalue weighted by Gasteiger charge is 2.28. The number of urea groups is 1. The van der Waals surface area contributed by atoms with Crippen LogP contribution in [0.25, 0.3) is 0 Å². The van der Waals surface area contributed by atoms with Gasteiger partial charge < -0.3 is 20.2 Å². The first kappa shape index (κ1) is 17.7. The van der Waals surface area contributed by atoms with Gasteiger partial charge in [0.1, 0.15) is 0 Å². The number of rotatable bonds is 2. The maximum absolute atomic E-state index is 12.3. The molecule has 0 saturated carbocycles. The van der Waals surface area contributed by atoms with E-state index in [0.29, 0.717) is 31.6 Å². The summed E-state index contributed by atoms with van der Waals surface area (Å²) in [5.74, 6) is -0.519. The fourth-order valence-corrected chi connectivity index (χ4v) is 2.98. The van der Waals surface area contributed by atoms with Crippen molar-refractivity contribution in [1.82, 2.24) is 9.80 Å². The summed E-state index contributed by atoms with van der Waals surface area (Å²) in [4.78, 5) is 27.4. The van der Waals surface area contributed by atoms with E-state index in [1.807, 2.05) is 0 Å². The Kier molecular flexibility index (Phi) is 5.59. The van der Waals surface area contributed by atoms with Crippen LogP contribution < -0.4 is 5.32 Å². The van der Waals surface area contributed by atoms with Gasteiger partial charge in [-0.2, -0.15) is 0 Å². The number of hydrogen-bond acceptors (Lipinski definition) is 3. The number of piperidine rings is 1. The Hall–Kier alpha value is -1.66. The molecule has 2 N–H and O–H groups in total. The van der Waals surface area contributed by atoms with Crippen molar-refractivity contribution < 1.29 is 14.7 Å². The van der Waals surface area contributed by atoms with E-state index < -0.39 is 0 Å². The molecule has 0 atom stereocenters. The Morgan fingerprint density at radius 1 is 1.22 bits per heavy atom. The highest BCUT2D eigenvalue weighted by molar-refractivity contribution is 6.37. The van der Waals surface area contributed by atoms with Crippen molar-refractivity contribution in [2.24, 2.45) is 5.92 Å². The summed E-state index contributed by atoms with van der Waals surface area (Å²) >= 11 is 11.7. The van der Waals surface area contributed by atoms with Crippen LogP contribution in [0.1, 0.15) is 12.8 Å². The molecule has 8 heteroatoms. The van der Waals surface area contributed by atoms with Crippen molar-refractivity contribution >= 4 is 40.8 Å². The van der Waals surface area contributed by atoms with Crippen molar-refractivity contribution in [1.29, 1.82) is 0 Å². The normalized spacial score (nSPS) is 15.4. The third-order valence-electron chi connectivity index (χ3n) is 3.80. The third-order valence-corrected chi connectivity index (χ3v) is 4.38. The molecule has 0 radical (unpaired) electrons. The lowest BCUT2D eigenvalue weighted by Gasteiger charge is -2.33. The molecule has 0 unspecified atom stereocenters.